The summed E-state index contributed by atoms with van der Waals surface area (Å²) in [6, 6.07) is 6.59. The van der Waals surface area contributed by atoms with E-state index in [0.717, 1.165) is 25.2 Å². The molecule has 1 amide bonds. The summed E-state index contributed by atoms with van der Waals surface area (Å²) in [7, 11) is 3.60. The van der Waals surface area contributed by atoms with Crippen LogP contribution in [0.2, 0.25) is 0 Å². The first-order valence-electron chi connectivity index (χ1n) is 6.78. The number of fused-ring (bicyclic) bond motifs is 3. The lowest BCUT2D eigenvalue weighted by molar-refractivity contribution is 0.168. The van der Waals surface area contributed by atoms with Gasteiger partial charge < -0.3 is 9.64 Å². The fourth-order valence-electron chi connectivity index (χ4n) is 3.42. The zero-order valence-corrected chi connectivity index (χ0v) is 11.7. The minimum Gasteiger partial charge on any atom is -0.452 e. The summed E-state index contributed by atoms with van der Waals surface area (Å²) in [4.78, 5) is 16.3. The lowest BCUT2D eigenvalue weighted by Crippen LogP contribution is -2.47. The molecular formula is C15H20N2O2. The Balaban J connectivity index is 2.06. The predicted molar refractivity (Wildman–Crippen MR) is 74.7 cm³/mol. The van der Waals surface area contributed by atoms with Gasteiger partial charge >= 0.3 is 6.09 Å². The molecule has 2 atom stereocenters. The van der Waals surface area contributed by atoms with Gasteiger partial charge in [0.05, 0.1) is 12.8 Å². The molecule has 2 aliphatic heterocycles. The number of likely N-dealkylation sites (N-methyl/N-ethyl adjacent to an activating group) is 1. The van der Waals surface area contributed by atoms with Crippen molar-refractivity contribution in [3.05, 3.63) is 29.3 Å². The first kappa shape index (κ1) is 12.5. The van der Waals surface area contributed by atoms with Crippen molar-refractivity contribution in [3.63, 3.8) is 0 Å². The van der Waals surface area contributed by atoms with Crippen LogP contribution < -0.4 is 4.90 Å². The normalized spacial score (nSPS) is 25.9. The van der Waals surface area contributed by atoms with E-state index >= 15 is 0 Å². The predicted octanol–water partition coefficient (Wildman–Crippen LogP) is 2.37. The molecule has 0 aromatic heterocycles. The van der Waals surface area contributed by atoms with Gasteiger partial charge in [-0.25, -0.2) is 4.79 Å². The van der Waals surface area contributed by atoms with E-state index in [0.29, 0.717) is 5.92 Å². The Hall–Kier alpha value is -1.55. The number of carbonyl (C=O) groups is 1. The second-order valence-electron chi connectivity index (χ2n) is 5.63. The molecule has 0 N–H and O–H groups in total. The molecule has 3 rings (SSSR count). The molecule has 19 heavy (non-hydrogen) atoms. The molecule has 4 heteroatoms. The van der Waals surface area contributed by atoms with Gasteiger partial charge in [-0.05, 0) is 38.6 Å². The van der Waals surface area contributed by atoms with E-state index in [2.05, 4.69) is 37.1 Å². The van der Waals surface area contributed by atoms with Gasteiger partial charge in [0.15, 0.2) is 0 Å². The van der Waals surface area contributed by atoms with Gasteiger partial charge in [-0.2, -0.15) is 0 Å². The van der Waals surface area contributed by atoms with Crippen LogP contribution in [0.4, 0.5) is 10.5 Å². The molecule has 1 saturated heterocycles. The van der Waals surface area contributed by atoms with Crippen LogP contribution in [0.3, 0.4) is 0 Å². The number of hydrogen-bond donors (Lipinski definition) is 0. The van der Waals surface area contributed by atoms with E-state index in [1.54, 1.807) is 0 Å². The number of anilines is 1. The van der Waals surface area contributed by atoms with Crippen LogP contribution in [-0.4, -0.2) is 44.3 Å². The molecule has 0 radical (unpaired) electrons. The van der Waals surface area contributed by atoms with Crippen molar-refractivity contribution in [2.45, 2.75) is 25.3 Å². The number of hydrogen-bond acceptors (Lipinski definition) is 3. The van der Waals surface area contributed by atoms with Crippen molar-refractivity contribution in [2.24, 2.45) is 0 Å². The maximum absolute atomic E-state index is 12.1. The van der Waals surface area contributed by atoms with Crippen molar-refractivity contribution in [3.8, 4) is 0 Å². The van der Waals surface area contributed by atoms with Crippen LogP contribution in [0.5, 0.6) is 0 Å². The van der Waals surface area contributed by atoms with Gasteiger partial charge in [-0.1, -0.05) is 17.7 Å². The van der Waals surface area contributed by atoms with Crippen molar-refractivity contribution >= 4 is 11.8 Å². The highest BCUT2D eigenvalue weighted by Gasteiger charge is 2.44. The van der Waals surface area contributed by atoms with E-state index < -0.39 is 0 Å². The fraction of sp³-hybridized carbons (Fsp3) is 0.533. The van der Waals surface area contributed by atoms with Crippen LogP contribution >= 0.6 is 0 Å². The number of amides is 1. The number of carbonyl (C=O) groups excluding carboxylic acids is 1. The molecule has 0 unspecified atom stereocenters. The fourth-order valence-corrected chi connectivity index (χ4v) is 3.42. The Morgan fingerprint density at radius 3 is 2.95 bits per heavy atom. The average Bonchev–Trinajstić information content (AvgIpc) is 2.71. The minimum absolute atomic E-state index is 0.234. The second kappa shape index (κ2) is 4.53. The summed E-state index contributed by atoms with van der Waals surface area (Å²) < 4.78 is 4.97. The number of methoxy groups -OCH3 is 1. The van der Waals surface area contributed by atoms with Gasteiger partial charge in [0, 0.05) is 18.5 Å². The monoisotopic (exact) mass is 260 g/mol. The highest BCUT2D eigenvalue weighted by molar-refractivity contribution is 5.92. The topological polar surface area (TPSA) is 32.8 Å². The molecule has 1 aromatic rings. The third kappa shape index (κ3) is 1.91. The number of aryl methyl sites for hydroxylation is 1. The molecule has 4 nitrogen and oxygen atoms in total. The summed E-state index contributed by atoms with van der Waals surface area (Å²) >= 11 is 0. The molecule has 0 aliphatic carbocycles. The molecule has 1 fully saturated rings. The number of rotatable bonds is 0. The Morgan fingerprint density at radius 1 is 1.42 bits per heavy atom. The van der Waals surface area contributed by atoms with Crippen LogP contribution in [0, 0.1) is 6.92 Å². The number of likely N-dealkylation sites (tertiary alicyclic amines) is 1. The molecule has 0 saturated carbocycles. The zero-order valence-electron chi connectivity index (χ0n) is 11.7. The highest BCUT2D eigenvalue weighted by Crippen LogP contribution is 2.45. The molecule has 2 heterocycles. The van der Waals surface area contributed by atoms with Gasteiger partial charge in [0.1, 0.15) is 0 Å². The van der Waals surface area contributed by atoms with Crippen LogP contribution in [0.15, 0.2) is 18.2 Å². The number of nitrogens with zero attached hydrogens (tertiary/aromatic N) is 2. The van der Waals surface area contributed by atoms with Crippen molar-refractivity contribution < 1.29 is 9.53 Å². The third-order valence-corrected chi connectivity index (χ3v) is 4.32. The third-order valence-electron chi connectivity index (χ3n) is 4.32. The Morgan fingerprint density at radius 2 is 2.21 bits per heavy atom. The zero-order chi connectivity index (χ0) is 13.6. The van der Waals surface area contributed by atoms with Crippen LogP contribution in [0.1, 0.15) is 23.5 Å². The lowest BCUT2D eigenvalue weighted by atomic mass is 9.89. The van der Waals surface area contributed by atoms with Gasteiger partial charge in [0.25, 0.3) is 0 Å². The van der Waals surface area contributed by atoms with Gasteiger partial charge in [-0.15, -0.1) is 0 Å². The smallest absolute Gasteiger partial charge is 0.414 e. The van der Waals surface area contributed by atoms with Crippen LogP contribution in [-0.2, 0) is 4.74 Å². The standard InChI is InChI=1S/C15H20N2O2/c1-10-4-5-13-11(8-10)12-9-16(2)7-6-14(12)17(13)15(18)19-3/h4-5,8,12,14H,6-7,9H2,1-3H3/t12-,14+/m0/s1. The molecule has 0 spiro atoms. The van der Waals surface area contributed by atoms with E-state index in [1.165, 1.54) is 18.2 Å². The Kier molecular flexibility index (Phi) is 2.97. The maximum Gasteiger partial charge on any atom is 0.414 e. The molecule has 1 aromatic carbocycles. The summed E-state index contributed by atoms with van der Waals surface area (Å²) in [5.41, 5.74) is 3.57. The van der Waals surface area contributed by atoms with E-state index in [-0.39, 0.29) is 12.1 Å². The van der Waals surface area contributed by atoms with Gasteiger partial charge in [-0.3, -0.25) is 4.90 Å². The summed E-state index contributed by atoms with van der Waals surface area (Å²) in [6.45, 7) is 4.14. The van der Waals surface area contributed by atoms with Crippen molar-refractivity contribution in [1.29, 1.82) is 0 Å². The van der Waals surface area contributed by atoms with Crippen molar-refractivity contribution in [1.82, 2.24) is 4.90 Å². The molecular weight excluding hydrogens is 240 g/mol. The van der Waals surface area contributed by atoms with E-state index in [4.69, 9.17) is 4.74 Å². The molecule has 2 aliphatic rings. The van der Waals surface area contributed by atoms with E-state index in [9.17, 15) is 4.79 Å². The quantitative estimate of drug-likeness (QED) is 0.718. The summed E-state index contributed by atoms with van der Waals surface area (Å²) in [5, 5.41) is 0. The largest absolute Gasteiger partial charge is 0.452 e. The average molecular weight is 260 g/mol. The minimum atomic E-state index is -0.234. The van der Waals surface area contributed by atoms with E-state index in [1.807, 2.05) is 4.90 Å². The second-order valence-corrected chi connectivity index (χ2v) is 5.63. The van der Waals surface area contributed by atoms with Crippen LogP contribution in [0.25, 0.3) is 0 Å². The highest BCUT2D eigenvalue weighted by atomic mass is 16.5. The Bertz CT molecular complexity index is 515. The van der Waals surface area contributed by atoms with Crippen molar-refractivity contribution in [2.75, 3.05) is 32.1 Å². The number of piperidine rings is 1. The number of benzene rings is 1. The van der Waals surface area contributed by atoms with Gasteiger partial charge in [0.2, 0.25) is 0 Å². The number of ether oxygens (including phenoxy) is 1. The Labute approximate surface area is 113 Å². The first-order chi connectivity index (χ1) is 9.11. The summed E-state index contributed by atoms with van der Waals surface area (Å²) in [5.74, 6) is 0.410. The molecule has 102 valence electrons. The lowest BCUT2D eigenvalue weighted by Gasteiger charge is -2.35. The first-order valence-corrected chi connectivity index (χ1v) is 6.78. The summed E-state index contributed by atoms with van der Waals surface area (Å²) in [6.07, 6.45) is 0.770. The SMILES string of the molecule is COC(=O)N1c2ccc(C)cc2[C@@H]2CN(C)CC[C@H]21. The molecule has 0 bridgehead atoms. The maximum atomic E-state index is 12.1.